The third-order valence-electron chi connectivity index (χ3n) is 3.77. The Labute approximate surface area is 140 Å². The molecule has 0 N–H and O–H groups in total. The largest absolute Gasteiger partial charge is 0.228 e. The Hall–Kier alpha value is -1.17. The van der Waals surface area contributed by atoms with E-state index >= 15 is 0 Å². The Morgan fingerprint density at radius 2 is 1.55 bits per heavy atom. The second-order valence-corrected chi connectivity index (χ2v) is 8.45. The molecule has 1 fully saturated rings. The Morgan fingerprint density at radius 3 is 2.18 bits per heavy atom. The summed E-state index contributed by atoms with van der Waals surface area (Å²) in [5, 5.41) is 0. The van der Waals surface area contributed by atoms with Crippen molar-refractivity contribution < 1.29 is 4.21 Å². The summed E-state index contributed by atoms with van der Waals surface area (Å²) in [6.07, 6.45) is 3.37. The number of benzene rings is 2. The SMILES string of the molecule is O=S(=Nc1ccc(Br)cc1)(c1ccccc1)N1CCCCC1. The fourth-order valence-electron chi connectivity index (χ4n) is 2.61. The van der Waals surface area contributed by atoms with Crippen LogP contribution < -0.4 is 0 Å². The van der Waals surface area contributed by atoms with Gasteiger partial charge in [-0.2, -0.15) is 4.36 Å². The molecule has 2 aromatic carbocycles. The lowest BCUT2D eigenvalue weighted by Crippen LogP contribution is -2.35. The molecule has 0 spiro atoms. The number of hydrogen-bond donors (Lipinski definition) is 0. The molecule has 1 unspecified atom stereocenters. The maximum atomic E-state index is 13.7. The lowest BCUT2D eigenvalue weighted by molar-refractivity contribution is 0.362. The van der Waals surface area contributed by atoms with Gasteiger partial charge >= 0.3 is 0 Å². The molecule has 0 aliphatic carbocycles. The molecule has 0 saturated carbocycles. The van der Waals surface area contributed by atoms with Gasteiger partial charge in [0.1, 0.15) is 9.92 Å². The van der Waals surface area contributed by atoms with Crippen molar-refractivity contribution in [2.75, 3.05) is 13.1 Å². The van der Waals surface area contributed by atoms with Gasteiger partial charge in [0.2, 0.25) is 0 Å². The zero-order chi connectivity index (χ0) is 15.4. The van der Waals surface area contributed by atoms with Crippen LogP contribution >= 0.6 is 15.9 Å². The number of halogens is 1. The van der Waals surface area contributed by atoms with E-state index in [0.717, 1.165) is 41.0 Å². The highest BCUT2D eigenvalue weighted by molar-refractivity contribution is 9.10. The van der Waals surface area contributed by atoms with E-state index in [9.17, 15) is 4.21 Å². The van der Waals surface area contributed by atoms with Crippen LogP contribution in [0.3, 0.4) is 0 Å². The van der Waals surface area contributed by atoms with Crippen LogP contribution in [-0.2, 0) is 9.92 Å². The minimum atomic E-state index is -2.59. The molecule has 1 aliphatic rings. The van der Waals surface area contributed by atoms with E-state index in [0.29, 0.717) is 0 Å². The highest BCUT2D eigenvalue weighted by Crippen LogP contribution is 2.27. The smallest absolute Gasteiger partial charge is 0.144 e. The average molecular weight is 379 g/mol. The predicted octanol–water partition coefficient (Wildman–Crippen LogP) is 5.01. The van der Waals surface area contributed by atoms with E-state index in [1.165, 1.54) is 6.42 Å². The highest BCUT2D eigenvalue weighted by atomic mass is 79.9. The molecule has 1 heterocycles. The molecule has 116 valence electrons. The van der Waals surface area contributed by atoms with Crippen LogP contribution in [0.2, 0.25) is 0 Å². The summed E-state index contributed by atoms with van der Waals surface area (Å²) >= 11 is 3.42. The molecule has 0 amide bonds. The van der Waals surface area contributed by atoms with Gasteiger partial charge in [-0.1, -0.05) is 40.5 Å². The van der Waals surface area contributed by atoms with Gasteiger partial charge in [-0.3, -0.25) is 0 Å². The normalized spacial score (nSPS) is 18.6. The van der Waals surface area contributed by atoms with E-state index in [1.807, 2.05) is 58.9 Å². The van der Waals surface area contributed by atoms with Gasteiger partial charge in [0, 0.05) is 17.6 Å². The van der Waals surface area contributed by atoms with Crippen molar-refractivity contribution in [2.45, 2.75) is 24.2 Å². The number of rotatable bonds is 3. The topological polar surface area (TPSA) is 32.7 Å². The van der Waals surface area contributed by atoms with Crippen molar-refractivity contribution in [1.82, 2.24) is 4.31 Å². The zero-order valence-electron chi connectivity index (χ0n) is 12.3. The van der Waals surface area contributed by atoms with Crippen LogP contribution in [0.25, 0.3) is 0 Å². The predicted molar refractivity (Wildman–Crippen MR) is 94.5 cm³/mol. The molecule has 2 aromatic rings. The molecule has 3 rings (SSSR count). The Kier molecular flexibility index (Phi) is 4.96. The summed E-state index contributed by atoms with van der Waals surface area (Å²) in [4.78, 5) is 0.791. The van der Waals surface area contributed by atoms with Crippen molar-refractivity contribution in [3.8, 4) is 0 Å². The lowest BCUT2D eigenvalue weighted by atomic mass is 10.2. The van der Waals surface area contributed by atoms with E-state index in [-0.39, 0.29) is 0 Å². The van der Waals surface area contributed by atoms with E-state index in [1.54, 1.807) is 0 Å². The first kappa shape index (κ1) is 15.7. The molecule has 3 nitrogen and oxygen atoms in total. The van der Waals surface area contributed by atoms with Gasteiger partial charge in [-0.25, -0.2) is 8.51 Å². The van der Waals surface area contributed by atoms with Crippen molar-refractivity contribution in [3.63, 3.8) is 0 Å². The lowest BCUT2D eigenvalue weighted by Gasteiger charge is -2.29. The Balaban J connectivity index is 2.10. The van der Waals surface area contributed by atoms with Crippen molar-refractivity contribution in [2.24, 2.45) is 4.36 Å². The van der Waals surface area contributed by atoms with Crippen LogP contribution in [0.1, 0.15) is 19.3 Å². The molecule has 0 bridgehead atoms. The standard InChI is InChI=1S/C17H19BrN2OS/c18-15-9-11-16(12-10-15)19-22(21,17-7-3-1-4-8-17)20-13-5-2-6-14-20/h1,3-4,7-12H,2,5-6,13-14H2. The molecule has 1 aliphatic heterocycles. The van der Waals surface area contributed by atoms with Gasteiger partial charge < -0.3 is 0 Å². The van der Waals surface area contributed by atoms with Crippen molar-refractivity contribution in [1.29, 1.82) is 0 Å². The van der Waals surface area contributed by atoms with Crippen molar-refractivity contribution in [3.05, 3.63) is 59.1 Å². The van der Waals surface area contributed by atoms with Gasteiger partial charge in [-0.15, -0.1) is 0 Å². The van der Waals surface area contributed by atoms with E-state index in [2.05, 4.69) is 20.3 Å². The molecule has 1 atom stereocenters. The quantitative estimate of drug-likeness (QED) is 0.738. The third-order valence-corrected chi connectivity index (χ3v) is 6.71. The van der Waals surface area contributed by atoms with Crippen molar-refractivity contribution >= 4 is 31.5 Å². The van der Waals surface area contributed by atoms with Crippen LogP contribution in [0.15, 0.2) is 68.3 Å². The fraction of sp³-hybridized carbons (Fsp3) is 0.294. The monoisotopic (exact) mass is 378 g/mol. The number of piperidine rings is 1. The molecule has 0 aromatic heterocycles. The summed E-state index contributed by atoms with van der Waals surface area (Å²) < 4.78 is 21.4. The fourth-order valence-corrected chi connectivity index (χ4v) is 5.07. The van der Waals surface area contributed by atoms with Gasteiger partial charge in [0.15, 0.2) is 0 Å². The summed E-state index contributed by atoms with van der Waals surface area (Å²) in [5.41, 5.74) is 0.752. The van der Waals surface area contributed by atoms with E-state index in [4.69, 9.17) is 0 Å². The molecule has 22 heavy (non-hydrogen) atoms. The summed E-state index contributed by atoms with van der Waals surface area (Å²) in [7, 11) is -2.59. The highest BCUT2D eigenvalue weighted by Gasteiger charge is 2.24. The van der Waals surface area contributed by atoms with Crippen LogP contribution in [0.5, 0.6) is 0 Å². The summed E-state index contributed by atoms with van der Waals surface area (Å²) in [6, 6.07) is 17.3. The molecule has 0 radical (unpaired) electrons. The first-order chi connectivity index (χ1) is 10.7. The minimum absolute atomic E-state index is 0.752. The van der Waals surface area contributed by atoms with Gasteiger partial charge in [0.25, 0.3) is 0 Å². The number of hydrogen-bond acceptors (Lipinski definition) is 2. The zero-order valence-corrected chi connectivity index (χ0v) is 14.7. The summed E-state index contributed by atoms with van der Waals surface area (Å²) in [5.74, 6) is 0. The summed E-state index contributed by atoms with van der Waals surface area (Å²) in [6.45, 7) is 1.68. The van der Waals surface area contributed by atoms with Crippen LogP contribution in [0, 0.1) is 0 Å². The van der Waals surface area contributed by atoms with E-state index < -0.39 is 9.92 Å². The van der Waals surface area contributed by atoms with Gasteiger partial charge in [0.05, 0.1) is 10.6 Å². The first-order valence-electron chi connectivity index (χ1n) is 7.51. The maximum absolute atomic E-state index is 13.7. The molecule has 1 saturated heterocycles. The maximum Gasteiger partial charge on any atom is 0.144 e. The minimum Gasteiger partial charge on any atom is -0.228 e. The molecular weight excluding hydrogens is 360 g/mol. The van der Waals surface area contributed by atoms with Gasteiger partial charge in [-0.05, 0) is 49.2 Å². The Bertz CT molecular complexity index is 731. The third kappa shape index (κ3) is 3.42. The first-order valence-corrected chi connectivity index (χ1v) is 9.78. The second kappa shape index (κ2) is 6.94. The van der Waals surface area contributed by atoms with Crippen LogP contribution in [0.4, 0.5) is 5.69 Å². The average Bonchev–Trinajstić information content (AvgIpc) is 2.58. The molecular formula is C17H19BrN2OS. The van der Waals surface area contributed by atoms with Crippen LogP contribution in [-0.4, -0.2) is 21.6 Å². The molecule has 5 heteroatoms. The Morgan fingerprint density at radius 1 is 0.909 bits per heavy atom. The number of nitrogens with zero attached hydrogens (tertiary/aromatic N) is 2. The second-order valence-electron chi connectivity index (χ2n) is 5.37.